The van der Waals surface area contributed by atoms with Gasteiger partial charge in [-0.1, -0.05) is 12.2 Å². The minimum Gasteiger partial charge on any atom is -0.392 e. The second kappa shape index (κ2) is 5.50. The number of carbonyl (C=O) groups is 1. The number of piperidine rings is 1. The van der Waals surface area contributed by atoms with Crippen LogP contribution in [0.2, 0.25) is 0 Å². The van der Waals surface area contributed by atoms with Gasteiger partial charge in [-0.2, -0.15) is 0 Å². The molecule has 2 aliphatic heterocycles. The maximum absolute atomic E-state index is 11.4. The molecule has 18 heavy (non-hydrogen) atoms. The molecule has 5 nitrogen and oxygen atoms in total. The highest BCUT2D eigenvalue weighted by Crippen LogP contribution is 2.30. The summed E-state index contributed by atoms with van der Waals surface area (Å²) in [6, 6.07) is 0. The van der Waals surface area contributed by atoms with Gasteiger partial charge in [0.25, 0.3) is 0 Å². The van der Waals surface area contributed by atoms with Gasteiger partial charge in [-0.15, -0.1) is 0 Å². The van der Waals surface area contributed by atoms with Gasteiger partial charge in [-0.05, 0) is 12.8 Å². The molecule has 2 fully saturated rings. The van der Waals surface area contributed by atoms with Crippen molar-refractivity contribution in [1.82, 2.24) is 15.1 Å². The maximum atomic E-state index is 11.4. The zero-order chi connectivity index (χ0) is 13.2. The van der Waals surface area contributed by atoms with E-state index in [-0.39, 0.29) is 11.4 Å². The van der Waals surface area contributed by atoms with Gasteiger partial charge in [0.15, 0.2) is 0 Å². The number of carbonyl (C=O) groups excluding carboxylic acids is 1. The van der Waals surface area contributed by atoms with Crippen molar-refractivity contribution < 1.29 is 4.79 Å². The summed E-state index contributed by atoms with van der Waals surface area (Å²) in [4.78, 5) is 16.3. The topological polar surface area (TPSA) is 61.6 Å². The first-order valence-corrected chi connectivity index (χ1v) is 6.98. The molecule has 0 bridgehead atoms. The molecule has 0 saturated carbocycles. The predicted molar refractivity (Wildman–Crippen MR) is 75.4 cm³/mol. The fourth-order valence-electron chi connectivity index (χ4n) is 3.00. The first kappa shape index (κ1) is 13.7. The average Bonchev–Trinajstić information content (AvgIpc) is 2.39. The lowest BCUT2D eigenvalue weighted by Crippen LogP contribution is -2.65. The molecule has 3 N–H and O–H groups in total. The second-order valence-electron chi connectivity index (χ2n) is 5.14. The quantitative estimate of drug-likeness (QED) is 0.666. The van der Waals surface area contributed by atoms with Gasteiger partial charge in [0.1, 0.15) is 0 Å². The number of nitrogens with two attached hydrogens (primary N) is 1. The Morgan fingerprint density at radius 3 is 2.22 bits per heavy atom. The van der Waals surface area contributed by atoms with Crippen molar-refractivity contribution in [3.63, 3.8) is 0 Å². The third-order valence-corrected chi connectivity index (χ3v) is 4.60. The van der Waals surface area contributed by atoms with Crippen LogP contribution in [-0.2, 0) is 4.79 Å². The number of nitrogens with zero attached hydrogens (tertiary/aromatic N) is 2. The Morgan fingerprint density at radius 2 is 1.78 bits per heavy atom. The van der Waals surface area contributed by atoms with E-state index >= 15 is 0 Å². The molecule has 2 saturated heterocycles. The molecule has 2 heterocycles. The monoisotopic (exact) mass is 270 g/mol. The molecule has 0 aromatic rings. The SMILES string of the molecule is CC(=O)N1CCC(C(N)=S)(N2CCNCC2)CC1. The molecule has 2 rings (SSSR count). The number of piperazine rings is 1. The van der Waals surface area contributed by atoms with Crippen LogP contribution in [-0.4, -0.2) is 65.5 Å². The molecule has 0 aromatic carbocycles. The standard InChI is InChI=1S/C12H22N4OS/c1-10(17)15-6-2-12(3-7-15,11(13)18)16-8-4-14-5-9-16/h14H,2-9H2,1H3,(H2,13,18). The smallest absolute Gasteiger partial charge is 0.219 e. The number of hydrogen-bond acceptors (Lipinski definition) is 4. The van der Waals surface area contributed by atoms with Gasteiger partial charge in [-0.25, -0.2) is 0 Å². The molecule has 0 unspecified atom stereocenters. The molecule has 1 amide bonds. The van der Waals surface area contributed by atoms with E-state index in [0.29, 0.717) is 4.99 Å². The van der Waals surface area contributed by atoms with Crippen LogP contribution in [0.4, 0.5) is 0 Å². The third-order valence-electron chi connectivity index (χ3n) is 4.22. The number of hydrogen-bond donors (Lipinski definition) is 2. The molecule has 0 atom stereocenters. The largest absolute Gasteiger partial charge is 0.392 e. The number of amides is 1. The van der Waals surface area contributed by atoms with E-state index in [1.54, 1.807) is 6.92 Å². The highest BCUT2D eigenvalue weighted by molar-refractivity contribution is 7.80. The van der Waals surface area contributed by atoms with Crippen molar-refractivity contribution >= 4 is 23.1 Å². The fraction of sp³-hybridized carbons (Fsp3) is 0.833. The molecule has 0 aromatic heterocycles. The Bertz CT molecular complexity index is 333. The van der Waals surface area contributed by atoms with Crippen molar-refractivity contribution in [2.75, 3.05) is 39.3 Å². The Balaban J connectivity index is 2.09. The van der Waals surface area contributed by atoms with Crippen LogP contribution in [0.25, 0.3) is 0 Å². The lowest BCUT2D eigenvalue weighted by atomic mass is 9.85. The van der Waals surface area contributed by atoms with E-state index < -0.39 is 0 Å². The van der Waals surface area contributed by atoms with E-state index in [1.807, 2.05) is 4.90 Å². The lowest BCUT2D eigenvalue weighted by molar-refractivity contribution is -0.130. The first-order chi connectivity index (χ1) is 8.56. The molecule has 2 aliphatic rings. The number of nitrogens with one attached hydrogen (secondary N) is 1. The van der Waals surface area contributed by atoms with E-state index in [1.165, 1.54) is 0 Å². The molecule has 0 spiro atoms. The van der Waals surface area contributed by atoms with Crippen LogP contribution < -0.4 is 11.1 Å². The summed E-state index contributed by atoms with van der Waals surface area (Å²) in [5.74, 6) is 0.145. The van der Waals surface area contributed by atoms with Gasteiger partial charge in [-0.3, -0.25) is 9.69 Å². The summed E-state index contributed by atoms with van der Waals surface area (Å²) in [5.41, 5.74) is 5.84. The van der Waals surface area contributed by atoms with Crippen LogP contribution >= 0.6 is 12.2 Å². The lowest BCUT2D eigenvalue weighted by Gasteiger charge is -2.49. The predicted octanol–water partition coefficient (Wildman–Crippen LogP) is -0.441. The minimum atomic E-state index is -0.177. The van der Waals surface area contributed by atoms with Crippen molar-refractivity contribution in [3.8, 4) is 0 Å². The summed E-state index contributed by atoms with van der Waals surface area (Å²) in [7, 11) is 0. The van der Waals surface area contributed by atoms with E-state index in [9.17, 15) is 4.79 Å². The Morgan fingerprint density at radius 1 is 1.22 bits per heavy atom. The summed E-state index contributed by atoms with van der Waals surface area (Å²) < 4.78 is 0. The molecule has 102 valence electrons. The number of thiocarbonyl (C=S) groups is 1. The van der Waals surface area contributed by atoms with Crippen LogP contribution in [0.15, 0.2) is 0 Å². The van der Waals surface area contributed by atoms with E-state index in [4.69, 9.17) is 18.0 Å². The van der Waals surface area contributed by atoms with Crippen molar-refractivity contribution in [1.29, 1.82) is 0 Å². The molecular weight excluding hydrogens is 248 g/mol. The summed E-state index contributed by atoms with van der Waals surface area (Å²) >= 11 is 5.33. The van der Waals surface area contributed by atoms with Crippen molar-refractivity contribution in [2.24, 2.45) is 5.73 Å². The van der Waals surface area contributed by atoms with Gasteiger partial charge < -0.3 is 16.0 Å². The van der Waals surface area contributed by atoms with Gasteiger partial charge in [0.05, 0.1) is 10.5 Å². The van der Waals surface area contributed by atoms with Crippen molar-refractivity contribution in [2.45, 2.75) is 25.3 Å². The van der Waals surface area contributed by atoms with Crippen LogP contribution in [0.5, 0.6) is 0 Å². The zero-order valence-corrected chi connectivity index (χ0v) is 11.8. The van der Waals surface area contributed by atoms with Gasteiger partial charge >= 0.3 is 0 Å². The van der Waals surface area contributed by atoms with Crippen molar-refractivity contribution in [3.05, 3.63) is 0 Å². The molecular formula is C12H22N4OS. The highest BCUT2D eigenvalue weighted by Gasteiger charge is 2.43. The molecule has 0 aliphatic carbocycles. The average molecular weight is 270 g/mol. The first-order valence-electron chi connectivity index (χ1n) is 6.57. The Kier molecular flexibility index (Phi) is 4.19. The Hall–Kier alpha value is -0.720. The molecule has 0 radical (unpaired) electrons. The van der Waals surface area contributed by atoms with Gasteiger partial charge in [0.2, 0.25) is 5.91 Å². The normalized spacial score (nSPS) is 24.8. The summed E-state index contributed by atoms with van der Waals surface area (Å²) in [6.45, 7) is 7.09. The van der Waals surface area contributed by atoms with Crippen LogP contribution in [0.1, 0.15) is 19.8 Å². The fourth-order valence-corrected chi connectivity index (χ4v) is 3.34. The summed E-state index contributed by atoms with van der Waals surface area (Å²) in [6.07, 6.45) is 1.73. The zero-order valence-electron chi connectivity index (χ0n) is 10.9. The summed E-state index contributed by atoms with van der Waals surface area (Å²) in [5, 5.41) is 3.35. The minimum absolute atomic E-state index is 0.145. The third kappa shape index (κ3) is 2.50. The van der Waals surface area contributed by atoms with E-state index in [2.05, 4.69) is 10.2 Å². The number of likely N-dealkylation sites (tertiary alicyclic amines) is 1. The maximum Gasteiger partial charge on any atom is 0.219 e. The number of rotatable bonds is 2. The van der Waals surface area contributed by atoms with E-state index in [0.717, 1.165) is 52.1 Å². The van der Waals surface area contributed by atoms with Gasteiger partial charge in [0, 0.05) is 46.2 Å². The van der Waals surface area contributed by atoms with Crippen LogP contribution in [0.3, 0.4) is 0 Å². The highest BCUT2D eigenvalue weighted by atomic mass is 32.1. The molecule has 6 heteroatoms. The second-order valence-corrected chi connectivity index (χ2v) is 5.58. The Labute approximate surface area is 114 Å². The van der Waals surface area contributed by atoms with Crippen LogP contribution in [0, 0.1) is 0 Å².